The van der Waals surface area contributed by atoms with E-state index in [0.29, 0.717) is 0 Å². The molecule has 0 heterocycles. The molecule has 0 saturated carbocycles. The van der Waals surface area contributed by atoms with Crippen LogP contribution in [0.15, 0.2) is 42.5 Å². The van der Waals surface area contributed by atoms with E-state index >= 15 is 0 Å². The summed E-state index contributed by atoms with van der Waals surface area (Å²) in [5.41, 5.74) is 0.863. The highest BCUT2D eigenvalue weighted by Crippen LogP contribution is 2.22. The second-order valence-corrected chi connectivity index (χ2v) is 6.38. The van der Waals surface area contributed by atoms with Gasteiger partial charge in [-0.2, -0.15) is 0 Å². The Morgan fingerprint density at radius 3 is 2.29 bits per heavy atom. The lowest BCUT2D eigenvalue weighted by molar-refractivity contribution is 0.252. The SMILES string of the molecule is CCCCCCCCCCNC(=O)Nc1cccc2ccccc12. The molecular weight excluding hydrogens is 296 g/mol. The molecule has 0 aliphatic rings. The largest absolute Gasteiger partial charge is 0.338 e. The van der Waals surface area contributed by atoms with Crippen molar-refractivity contribution in [3.8, 4) is 0 Å². The van der Waals surface area contributed by atoms with E-state index < -0.39 is 0 Å². The molecule has 0 aromatic heterocycles. The molecule has 2 aromatic carbocycles. The Morgan fingerprint density at radius 2 is 1.50 bits per heavy atom. The van der Waals surface area contributed by atoms with Gasteiger partial charge in [-0.25, -0.2) is 4.79 Å². The summed E-state index contributed by atoms with van der Waals surface area (Å²) in [5.74, 6) is 0. The summed E-state index contributed by atoms with van der Waals surface area (Å²) in [6.07, 6.45) is 10.2. The van der Waals surface area contributed by atoms with Gasteiger partial charge in [0.2, 0.25) is 0 Å². The minimum Gasteiger partial charge on any atom is -0.338 e. The highest BCUT2D eigenvalue weighted by atomic mass is 16.2. The molecule has 0 fully saturated rings. The Balaban J connectivity index is 1.63. The third-order valence-corrected chi connectivity index (χ3v) is 4.35. The number of carbonyl (C=O) groups excluding carboxylic acids is 1. The number of amides is 2. The van der Waals surface area contributed by atoms with Crippen LogP contribution in [0.3, 0.4) is 0 Å². The molecular formula is C21H30N2O. The van der Waals surface area contributed by atoms with Gasteiger partial charge in [-0.1, -0.05) is 88.3 Å². The number of benzene rings is 2. The van der Waals surface area contributed by atoms with Crippen molar-refractivity contribution in [1.82, 2.24) is 5.32 Å². The number of carbonyl (C=O) groups is 1. The fourth-order valence-corrected chi connectivity index (χ4v) is 2.96. The molecule has 130 valence electrons. The van der Waals surface area contributed by atoms with Crippen molar-refractivity contribution in [2.45, 2.75) is 58.3 Å². The Labute approximate surface area is 145 Å². The highest BCUT2D eigenvalue weighted by molar-refractivity contribution is 6.01. The summed E-state index contributed by atoms with van der Waals surface area (Å²) in [4.78, 5) is 12.0. The Bertz CT molecular complexity index is 619. The first-order valence-corrected chi connectivity index (χ1v) is 9.34. The van der Waals surface area contributed by atoms with Gasteiger partial charge >= 0.3 is 6.03 Å². The molecule has 3 nitrogen and oxygen atoms in total. The van der Waals surface area contributed by atoms with Crippen molar-refractivity contribution in [1.29, 1.82) is 0 Å². The van der Waals surface area contributed by atoms with E-state index in [0.717, 1.165) is 29.4 Å². The van der Waals surface area contributed by atoms with Crippen molar-refractivity contribution < 1.29 is 4.79 Å². The van der Waals surface area contributed by atoms with Gasteiger partial charge in [-0.3, -0.25) is 0 Å². The van der Waals surface area contributed by atoms with E-state index in [1.807, 2.05) is 30.3 Å². The summed E-state index contributed by atoms with van der Waals surface area (Å²) in [6, 6.07) is 13.9. The van der Waals surface area contributed by atoms with Gasteiger partial charge in [0.25, 0.3) is 0 Å². The second-order valence-electron chi connectivity index (χ2n) is 6.38. The van der Waals surface area contributed by atoms with Crippen LogP contribution in [0.25, 0.3) is 10.8 Å². The van der Waals surface area contributed by atoms with Gasteiger partial charge in [-0.05, 0) is 17.9 Å². The maximum Gasteiger partial charge on any atom is 0.319 e. The average molecular weight is 326 g/mol. The zero-order valence-electron chi connectivity index (χ0n) is 14.8. The minimum absolute atomic E-state index is 0.116. The minimum atomic E-state index is -0.116. The number of anilines is 1. The van der Waals surface area contributed by atoms with Gasteiger partial charge in [0.15, 0.2) is 0 Å². The predicted molar refractivity (Wildman–Crippen MR) is 104 cm³/mol. The van der Waals surface area contributed by atoms with Crippen LogP contribution in [0.1, 0.15) is 58.3 Å². The Morgan fingerprint density at radius 1 is 0.833 bits per heavy atom. The monoisotopic (exact) mass is 326 g/mol. The lowest BCUT2D eigenvalue weighted by Gasteiger charge is -2.10. The van der Waals surface area contributed by atoms with Crippen molar-refractivity contribution in [2.75, 3.05) is 11.9 Å². The molecule has 2 aromatic rings. The molecule has 0 radical (unpaired) electrons. The quantitative estimate of drug-likeness (QED) is 0.509. The fraction of sp³-hybridized carbons (Fsp3) is 0.476. The van der Waals surface area contributed by atoms with Crippen LogP contribution in [-0.4, -0.2) is 12.6 Å². The molecule has 2 amide bonds. The van der Waals surface area contributed by atoms with Gasteiger partial charge in [0.05, 0.1) is 5.69 Å². The molecule has 0 bridgehead atoms. The number of nitrogens with one attached hydrogen (secondary N) is 2. The zero-order valence-corrected chi connectivity index (χ0v) is 14.8. The number of hydrogen-bond acceptors (Lipinski definition) is 1. The van der Waals surface area contributed by atoms with E-state index in [-0.39, 0.29) is 6.03 Å². The van der Waals surface area contributed by atoms with E-state index in [9.17, 15) is 4.79 Å². The van der Waals surface area contributed by atoms with E-state index in [1.165, 1.54) is 44.9 Å². The molecule has 0 saturated heterocycles. The summed E-state index contributed by atoms with van der Waals surface area (Å²) in [6.45, 7) is 2.99. The van der Waals surface area contributed by atoms with Crippen molar-refractivity contribution in [3.05, 3.63) is 42.5 Å². The first-order chi connectivity index (χ1) is 11.8. The van der Waals surface area contributed by atoms with Crippen LogP contribution in [0, 0.1) is 0 Å². The Kier molecular flexibility index (Phi) is 8.16. The van der Waals surface area contributed by atoms with Crippen molar-refractivity contribution >= 4 is 22.5 Å². The molecule has 0 unspecified atom stereocenters. The highest BCUT2D eigenvalue weighted by Gasteiger charge is 2.04. The lowest BCUT2D eigenvalue weighted by Crippen LogP contribution is -2.29. The van der Waals surface area contributed by atoms with E-state index in [4.69, 9.17) is 0 Å². The summed E-state index contributed by atoms with van der Waals surface area (Å²) < 4.78 is 0. The molecule has 0 spiro atoms. The van der Waals surface area contributed by atoms with Crippen molar-refractivity contribution in [3.63, 3.8) is 0 Å². The van der Waals surface area contributed by atoms with Crippen LogP contribution in [0.4, 0.5) is 10.5 Å². The maximum absolute atomic E-state index is 12.0. The van der Waals surface area contributed by atoms with Crippen LogP contribution in [-0.2, 0) is 0 Å². The number of fused-ring (bicyclic) bond motifs is 1. The normalized spacial score (nSPS) is 10.7. The van der Waals surface area contributed by atoms with Crippen LogP contribution < -0.4 is 10.6 Å². The third kappa shape index (κ3) is 6.23. The Hall–Kier alpha value is -2.03. The van der Waals surface area contributed by atoms with Gasteiger partial charge in [-0.15, -0.1) is 0 Å². The second kappa shape index (κ2) is 10.7. The van der Waals surface area contributed by atoms with Gasteiger partial charge in [0, 0.05) is 11.9 Å². The van der Waals surface area contributed by atoms with Crippen LogP contribution >= 0.6 is 0 Å². The van der Waals surface area contributed by atoms with Gasteiger partial charge < -0.3 is 10.6 Å². The standard InChI is InChI=1S/C21H30N2O/c1-2-3-4-5-6-7-8-11-17-22-21(24)23-20-16-12-14-18-13-9-10-15-19(18)20/h9-10,12-16H,2-8,11,17H2,1H3,(H2,22,23,24). The van der Waals surface area contributed by atoms with E-state index in [1.54, 1.807) is 0 Å². The summed E-state index contributed by atoms with van der Waals surface area (Å²) >= 11 is 0. The summed E-state index contributed by atoms with van der Waals surface area (Å²) in [5, 5.41) is 8.13. The lowest BCUT2D eigenvalue weighted by atomic mass is 10.1. The number of urea groups is 1. The number of unbranched alkanes of at least 4 members (excludes halogenated alkanes) is 7. The van der Waals surface area contributed by atoms with E-state index in [2.05, 4.69) is 29.7 Å². The number of rotatable bonds is 10. The van der Waals surface area contributed by atoms with Crippen LogP contribution in [0.5, 0.6) is 0 Å². The topological polar surface area (TPSA) is 41.1 Å². The first kappa shape index (κ1) is 18.3. The number of hydrogen-bond donors (Lipinski definition) is 2. The molecule has 0 aliphatic carbocycles. The molecule has 24 heavy (non-hydrogen) atoms. The molecule has 0 atom stereocenters. The molecule has 3 heteroatoms. The summed E-state index contributed by atoms with van der Waals surface area (Å²) in [7, 11) is 0. The molecule has 2 N–H and O–H groups in total. The van der Waals surface area contributed by atoms with Crippen molar-refractivity contribution in [2.24, 2.45) is 0 Å². The molecule has 2 rings (SSSR count). The fourth-order valence-electron chi connectivity index (χ4n) is 2.96. The average Bonchev–Trinajstić information content (AvgIpc) is 2.61. The smallest absolute Gasteiger partial charge is 0.319 e. The maximum atomic E-state index is 12.0. The van der Waals surface area contributed by atoms with Gasteiger partial charge in [0.1, 0.15) is 0 Å². The van der Waals surface area contributed by atoms with Crippen LogP contribution in [0.2, 0.25) is 0 Å². The zero-order chi connectivity index (χ0) is 17.0. The first-order valence-electron chi connectivity index (χ1n) is 9.34. The third-order valence-electron chi connectivity index (χ3n) is 4.35. The predicted octanol–water partition coefficient (Wildman–Crippen LogP) is 6.10. The molecule has 0 aliphatic heterocycles.